The standard InChI is InChI=1S/C12H15NO4/c1-3-16-11(14)7-10-6-5-9(8-13-10)12(15)17-4-2/h5-6,8H,3-4,7H2,1-2H3. The Balaban J connectivity index is 2.61. The first kappa shape index (κ1) is 13.2. The zero-order chi connectivity index (χ0) is 12.7. The molecule has 1 aromatic heterocycles. The summed E-state index contributed by atoms with van der Waals surface area (Å²) in [5.41, 5.74) is 0.941. The monoisotopic (exact) mass is 237 g/mol. The lowest BCUT2D eigenvalue weighted by Crippen LogP contribution is -2.10. The van der Waals surface area contributed by atoms with Gasteiger partial charge in [-0.2, -0.15) is 0 Å². The van der Waals surface area contributed by atoms with Gasteiger partial charge in [0.1, 0.15) is 0 Å². The van der Waals surface area contributed by atoms with Crippen molar-refractivity contribution in [3.05, 3.63) is 29.6 Å². The molecule has 0 amide bonds. The van der Waals surface area contributed by atoms with E-state index in [1.807, 2.05) is 0 Å². The minimum absolute atomic E-state index is 0.108. The second kappa shape index (κ2) is 6.62. The number of ether oxygens (including phenoxy) is 2. The topological polar surface area (TPSA) is 65.5 Å². The van der Waals surface area contributed by atoms with Crippen molar-refractivity contribution < 1.29 is 19.1 Å². The Kier molecular flexibility index (Phi) is 5.13. The van der Waals surface area contributed by atoms with E-state index in [0.29, 0.717) is 24.5 Å². The van der Waals surface area contributed by atoms with Crippen molar-refractivity contribution in [3.63, 3.8) is 0 Å². The second-order valence-corrected chi connectivity index (χ2v) is 3.24. The van der Waals surface area contributed by atoms with Crippen molar-refractivity contribution in [2.45, 2.75) is 20.3 Å². The predicted molar refractivity (Wildman–Crippen MR) is 60.5 cm³/mol. The summed E-state index contributed by atoms with van der Waals surface area (Å²) in [6.07, 6.45) is 1.50. The zero-order valence-corrected chi connectivity index (χ0v) is 9.93. The van der Waals surface area contributed by atoms with Gasteiger partial charge < -0.3 is 9.47 Å². The van der Waals surface area contributed by atoms with Crippen molar-refractivity contribution in [2.24, 2.45) is 0 Å². The molecule has 1 rings (SSSR count). The molecule has 0 bridgehead atoms. The maximum Gasteiger partial charge on any atom is 0.339 e. The van der Waals surface area contributed by atoms with Gasteiger partial charge in [-0.15, -0.1) is 0 Å². The average Bonchev–Trinajstić information content (AvgIpc) is 2.30. The Hall–Kier alpha value is -1.91. The summed E-state index contributed by atoms with van der Waals surface area (Å²) in [6, 6.07) is 3.20. The Bertz CT molecular complexity index is 386. The van der Waals surface area contributed by atoms with E-state index < -0.39 is 5.97 Å². The Morgan fingerprint density at radius 3 is 2.41 bits per heavy atom. The molecule has 0 atom stereocenters. The van der Waals surface area contributed by atoms with Crippen LogP contribution in [-0.2, 0) is 20.7 Å². The highest BCUT2D eigenvalue weighted by Crippen LogP contribution is 2.04. The van der Waals surface area contributed by atoms with Gasteiger partial charge in [0, 0.05) is 6.20 Å². The largest absolute Gasteiger partial charge is 0.466 e. The molecule has 92 valence electrons. The van der Waals surface area contributed by atoms with Gasteiger partial charge in [0.2, 0.25) is 0 Å². The van der Waals surface area contributed by atoms with Gasteiger partial charge in [0.25, 0.3) is 0 Å². The average molecular weight is 237 g/mol. The highest BCUT2D eigenvalue weighted by Gasteiger charge is 2.09. The van der Waals surface area contributed by atoms with Crippen LogP contribution in [0.5, 0.6) is 0 Å². The number of carbonyl (C=O) groups excluding carboxylic acids is 2. The molecule has 0 saturated carbocycles. The molecule has 0 radical (unpaired) electrons. The van der Waals surface area contributed by atoms with E-state index in [0.717, 1.165) is 0 Å². The quantitative estimate of drug-likeness (QED) is 0.723. The third-order valence-electron chi connectivity index (χ3n) is 1.97. The van der Waals surface area contributed by atoms with Crippen LogP contribution in [0.25, 0.3) is 0 Å². The molecule has 5 heteroatoms. The van der Waals surface area contributed by atoms with Crippen LogP contribution in [0.2, 0.25) is 0 Å². The summed E-state index contributed by atoms with van der Waals surface area (Å²) in [5, 5.41) is 0. The summed E-state index contributed by atoms with van der Waals surface area (Å²) in [4.78, 5) is 26.5. The van der Waals surface area contributed by atoms with Crippen LogP contribution < -0.4 is 0 Å². The van der Waals surface area contributed by atoms with Crippen LogP contribution in [0.15, 0.2) is 18.3 Å². The summed E-state index contributed by atoms with van der Waals surface area (Å²) < 4.78 is 9.61. The first-order valence-electron chi connectivity index (χ1n) is 5.45. The van der Waals surface area contributed by atoms with Gasteiger partial charge in [0.05, 0.1) is 30.9 Å². The molecule has 17 heavy (non-hydrogen) atoms. The zero-order valence-electron chi connectivity index (χ0n) is 9.93. The van der Waals surface area contributed by atoms with E-state index in [1.54, 1.807) is 26.0 Å². The molecule has 1 aromatic rings. The molecule has 0 fully saturated rings. The van der Waals surface area contributed by atoms with E-state index in [2.05, 4.69) is 4.98 Å². The molecule has 1 heterocycles. The van der Waals surface area contributed by atoms with Crippen molar-refractivity contribution in [1.29, 1.82) is 0 Å². The van der Waals surface area contributed by atoms with E-state index in [9.17, 15) is 9.59 Å². The predicted octanol–water partition coefficient (Wildman–Crippen LogP) is 1.36. The van der Waals surface area contributed by atoms with Crippen LogP contribution in [0.3, 0.4) is 0 Å². The second-order valence-electron chi connectivity index (χ2n) is 3.24. The number of aromatic nitrogens is 1. The van der Waals surface area contributed by atoms with E-state index in [-0.39, 0.29) is 12.4 Å². The minimum Gasteiger partial charge on any atom is -0.466 e. The third-order valence-corrected chi connectivity index (χ3v) is 1.97. The number of hydrogen-bond acceptors (Lipinski definition) is 5. The summed E-state index contributed by atoms with van der Waals surface area (Å²) in [5.74, 6) is -0.744. The van der Waals surface area contributed by atoms with Crippen molar-refractivity contribution >= 4 is 11.9 Å². The molecule has 0 aliphatic rings. The smallest absolute Gasteiger partial charge is 0.339 e. The molecule has 0 aliphatic carbocycles. The van der Waals surface area contributed by atoms with Gasteiger partial charge in [-0.3, -0.25) is 9.78 Å². The van der Waals surface area contributed by atoms with Gasteiger partial charge in [-0.25, -0.2) is 4.79 Å². The summed E-state index contributed by atoms with van der Waals surface area (Å²) in [6.45, 7) is 4.15. The lowest BCUT2D eigenvalue weighted by Gasteiger charge is -2.03. The van der Waals surface area contributed by atoms with Crippen LogP contribution in [0.1, 0.15) is 29.9 Å². The fraction of sp³-hybridized carbons (Fsp3) is 0.417. The molecule has 0 saturated heterocycles. The third kappa shape index (κ3) is 4.22. The van der Waals surface area contributed by atoms with Crippen LogP contribution in [-0.4, -0.2) is 30.1 Å². The van der Waals surface area contributed by atoms with Crippen LogP contribution in [0, 0.1) is 0 Å². The number of pyridine rings is 1. The van der Waals surface area contributed by atoms with Crippen molar-refractivity contribution in [1.82, 2.24) is 4.98 Å². The van der Waals surface area contributed by atoms with E-state index in [1.165, 1.54) is 6.20 Å². The maximum atomic E-state index is 11.3. The van der Waals surface area contributed by atoms with Gasteiger partial charge >= 0.3 is 11.9 Å². The molecule has 0 aromatic carbocycles. The first-order chi connectivity index (χ1) is 8.17. The maximum absolute atomic E-state index is 11.3. The van der Waals surface area contributed by atoms with Crippen LogP contribution >= 0.6 is 0 Å². The lowest BCUT2D eigenvalue weighted by atomic mass is 10.2. The van der Waals surface area contributed by atoms with Crippen LogP contribution in [0.4, 0.5) is 0 Å². The van der Waals surface area contributed by atoms with E-state index >= 15 is 0 Å². The first-order valence-corrected chi connectivity index (χ1v) is 5.45. The number of hydrogen-bond donors (Lipinski definition) is 0. The van der Waals surface area contributed by atoms with Crippen molar-refractivity contribution in [3.8, 4) is 0 Å². The van der Waals surface area contributed by atoms with Gasteiger partial charge in [-0.1, -0.05) is 0 Å². The summed E-state index contributed by atoms with van der Waals surface area (Å²) in [7, 11) is 0. The molecule has 0 unspecified atom stereocenters. The fourth-order valence-corrected chi connectivity index (χ4v) is 1.22. The summed E-state index contributed by atoms with van der Waals surface area (Å²) >= 11 is 0. The highest BCUT2D eigenvalue weighted by molar-refractivity contribution is 5.89. The Morgan fingerprint density at radius 1 is 1.18 bits per heavy atom. The van der Waals surface area contributed by atoms with E-state index in [4.69, 9.17) is 9.47 Å². The number of carbonyl (C=O) groups is 2. The fourth-order valence-electron chi connectivity index (χ4n) is 1.22. The minimum atomic E-state index is -0.414. The number of rotatable bonds is 5. The van der Waals surface area contributed by atoms with Crippen molar-refractivity contribution in [2.75, 3.05) is 13.2 Å². The normalized spacial score (nSPS) is 9.76. The Labute approximate surface area is 99.8 Å². The van der Waals surface area contributed by atoms with Gasteiger partial charge in [0.15, 0.2) is 0 Å². The SMILES string of the molecule is CCOC(=O)Cc1ccc(C(=O)OCC)cn1. The number of nitrogens with zero attached hydrogens (tertiary/aromatic N) is 1. The van der Waals surface area contributed by atoms with Gasteiger partial charge in [-0.05, 0) is 26.0 Å². The molecule has 5 nitrogen and oxygen atoms in total. The highest BCUT2D eigenvalue weighted by atomic mass is 16.5. The molecule has 0 N–H and O–H groups in total. The lowest BCUT2D eigenvalue weighted by molar-refractivity contribution is -0.142. The molecular formula is C12H15NO4. The molecule has 0 spiro atoms. The molecule has 0 aliphatic heterocycles. The molecular weight excluding hydrogens is 222 g/mol. The number of esters is 2. The Morgan fingerprint density at radius 2 is 1.88 bits per heavy atom.